The van der Waals surface area contributed by atoms with Crippen LogP contribution in [0.5, 0.6) is 0 Å². The van der Waals surface area contributed by atoms with Gasteiger partial charge in [-0.1, -0.05) is 26.8 Å². The minimum Gasteiger partial charge on any atom is -0.391 e. The van der Waals surface area contributed by atoms with Gasteiger partial charge in [-0.2, -0.15) is 0 Å². The molecule has 100 valence electrons. The fourth-order valence-electron chi connectivity index (χ4n) is 1.74. The van der Waals surface area contributed by atoms with Crippen LogP contribution in [0.25, 0.3) is 0 Å². The van der Waals surface area contributed by atoms with Crippen LogP contribution in [-0.4, -0.2) is 22.7 Å². The lowest BCUT2D eigenvalue weighted by atomic mass is 9.89. The van der Waals surface area contributed by atoms with Gasteiger partial charge in [-0.05, 0) is 17.9 Å². The van der Waals surface area contributed by atoms with E-state index in [0.29, 0.717) is 18.7 Å². The SMILES string of the molecule is CC(C)(C)CC(O)CNc1cccc([N+](=O)[O-])c1. The lowest BCUT2D eigenvalue weighted by Crippen LogP contribution is -2.25. The molecule has 0 saturated carbocycles. The zero-order valence-corrected chi connectivity index (χ0v) is 11.0. The molecule has 0 aromatic heterocycles. The highest BCUT2D eigenvalue weighted by atomic mass is 16.6. The van der Waals surface area contributed by atoms with Gasteiger partial charge < -0.3 is 10.4 Å². The van der Waals surface area contributed by atoms with Gasteiger partial charge in [0.05, 0.1) is 11.0 Å². The highest BCUT2D eigenvalue weighted by Gasteiger charge is 2.16. The van der Waals surface area contributed by atoms with Crippen molar-refractivity contribution in [3.05, 3.63) is 34.4 Å². The van der Waals surface area contributed by atoms with Gasteiger partial charge in [0.2, 0.25) is 0 Å². The molecule has 0 saturated heterocycles. The predicted octanol–water partition coefficient (Wildman–Crippen LogP) is 2.80. The molecule has 0 aliphatic rings. The van der Waals surface area contributed by atoms with Gasteiger partial charge in [0, 0.05) is 24.4 Å². The summed E-state index contributed by atoms with van der Waals surface area (Å²) in [5.41, 5.74) is 0.756. The van der Waals surface area contributed by atoms with Gasteiger partial charge in [0.25, 0.3) is 5.69 Å². The summed E-state index contributed by atoms with van der Waals surface area (Å²) >= 11 is 0. The average Bonchev–Trinajstić information content (AvgIpc) is 2.24. The van der Waals surface area contributed by atoms with Crippen LogP contribution in [0.2, 0.25) is 0 Å². The van der Waals surface area contributed by atoms with E-state index in [0.717, 1.165) is 0 Å². The minimum absolute atomic E-state index is 0.0466. The van der Waals surface area contributed by atoms with Crippen molar-refractivity contribution in [1.29, 1.82) is 0 Å². The van der Waals surface area contributed by atoms with E-state index in [4.69, 9.17) is 0 Å². The van der Waals surface area contributed by atoms with Crippen molar-refractivity contribution in [3.8, 4) is 0 Å². The number of nitro benzene ring substituents is 1. The van der Waals surface area contributed by atoms with Crippen LogP contribution in [-0.2, 0) is 0 Å². The number of nitrogens with one attached hydrogen (secondary N) is 1. The van der Waals surface area contributed by atoms with Crippen molar-refractivity contribution in [2.24, 2.45) is 5.41 Å². The highest BCUT2D eigenvalue weighted by molar-refractivity contribution is 5.50. The van der Waals surface area contributed by atoms with Crippen molar-refractivity contribution in [3.63, 3.8) is 0 Å². The van der Waals surface area contributed by atoms with Gasteiger partial charge in [-0.15, -0.1) is 0 Å². The Morgan fingerprint density at radius 3 is 2.67 bits per heavy atom. The third-order valence-electron chi connectivity index (χ3n) is 2.45. The molecule has 0 amide bonds. The Kier molecular flexibility index (Phi) is 4.67. The standard InChI is InChI=1S/C13H20N2O3/c1-13(2,3)8-12(16)9-14-10-5-4-6-11(7-10)15(17)18/h4-7,12,14,16H,8-9H2,1-3H3. The fourth-order valence-corrected chi connectivity index (χ4v) is 1.74. The Bertz CT molecular complexity index is 413. The number of nitrogens with zero attached hydrogens (tertiary/aromatic N) is 1. The summed E-state index contributed by atoms with van der Waals surface area (Å²) in [4.78, 5) is 10.2. The van der Waals surface area contributed by atoms with E-state index in [9.17, 15) is 15.2 Å². The zero-order chi connectivity index (χ0) is 13.8. The van der Waals surface area contributed by atoms with Crippen molar-refractivity contribution in [1.82, 2.24) is 0 Å². The topological polar surface area (TPSA) is 75.4 Å². The normalized spacial score (nSPS) is 13.1. The van der Waals surface area contributed by atoms with E-state index in [2.05, 4.69) is 26.1 Å². The third kappa shape index (κ3) is 5.14. The average molecular weight is 252 g/mol. The molecule has 1 aromatic rings. The lowest BCUT2D eigenvalue weighted by molar-refractivity contribution is -0.384. The van der Waals surface area contributed by atoms with E-state index in [-0.39, 0.29) is 11.1 Å². The van der Waals surface area contributed by atoms with E-state index < -0.39 is 11.0 Å². The molecule has 5 nitrogen and oxygen atoms in total. The zero-order valence-electron chi connectivity index (χ0n) is 11.0. The molecule has 2 N–H and O–H groups in total. The molecule has 5 heteroatoms. The number of non-ortho nitro benzene ring substituents is 1. The maximum absolute atomic E-state index is 10.6. The number of aliphatic hydroxyl groups excluding tert-OH is 1. The summed E-state index contributed by atoms with van der Waals surface area (Å²) in [5, 5.41) is 23.4. The highest BCUT2D eigenvalue weighted by Crippen LogP contribution is 2.21. The summed E-state index contributed by atoms with van der Waals surface area (Å²) in [6.07, 6.45) is 0.207. The van der Waals surface area contributed by atoms with Crippen LogP contribution in [0, 0.1) is 15.5 Å². The molecule has 18 heavy (non-hydrogen) atoms. The fraction of sp³-hybridized carbons (Fsp3) is 0.538. The van der Waals surface area contributed by atoms with Gasteiger partial charge in [-0.3, -0.25) is 10.1 Å². The first-order valence-electron chi connectivity index (χ1n) is 5.94. The van der Waals surface area contributed by atoms with Crippen LogP contribution >= 0.6 is 0 Å². The summed E-state index contributed by atoms with van der Waals surface area (Å²) < 4.78 is 0. The molecule has 1 atom stereocenters. The number of hydrogen-bond acceptors (Lipinski definition) is 4. The number of anilines is 1. The number of hydrogen-bond donors (Lipinski definition) is 2. The molecule has 0 radical (unpaired) electrons. The van der Waals surface area contributed by atoms with E-state index in [1.54, 1.807) is 12.1 Å². The van der Waals surface area contributed by atoms with Crippen LogP contribution in [0.15, 0.2) is 24.3 Å². The van der Waals surface area contributed by atoms with Gasteiger partial charge in [0.1, 0.15) is 0 Å². The Morgan fingerprint density at radius 1 is 1.44 bits per heavy atom. The largest absolute Gasteiger partial charge is 0.391 e. The van der Waals surface area contributed by atoms with Gasteiger partial charge in [-0.25, -0.2) is 0 Å². The van der Waals surface area contributed by atoms with Crippen LogP contribution in [0.3, 0.4) is 0 Å². The van der Waals surface area contributed by atoms with Crippen molar-refractivity contribution < 1.29 is 10.0 Å². The van der Waals surface area contributed by atoms with E-state index in [1.165, 1.54) is 12.1 Å². The maximum atomic E-state index is 10.6. The molecule has 0 bridgehead atoms. The van der Waals surface area contributed by atoms with Gasteiger partial charge in [0.15, 0.2) is 0 Å². The second kappa shape index (κ2) is 5.82. The number of rotatable bonds is 5. The Balaban J connectivity index is 2.53. The third-order valence-corrected chi connectivity index (χ3v) is 2.45. The molecule has 0 heterocycles. The Morgan fingerprint density at radius 2 is 2.11 bits per heavy atom. The van der Waals surface area contributed by atoms with Crippen molar-refractivity contribution >= 4 is 11.4 Å². The molecular weight excluding hydrogens is 232 g/mol. The van der Waals surface area contributed by atoms with Gasteiger partial charge >= 0.3 is 0 Å². The molecule has 1 aromatic carbocycles. The number of benzene rings is 1. The molecule has 1 unspecified atom stereocenters. The monoisotopic (exact) mass is 252 g/mol. The smallest absolute Gasteiger partial charge is 0.271 e. The first-order chi connectivity index (χ1) is 8.28. The molecule has 0 fully saturated rings. The number of aliphatic hydroxyl groups is 1. The first kappa shape index (κ1) is 14.4. The summed E-state index contributed by atoms with van der Waals surface area (Å²) in [6, 6.07) is 6.27. The lowest BCUT2D eigenvalue weighted by Gasteiger charge is -2.22. The quantitative estimate of drug-likeness (QED) is 0.624. The molecule has 0 spiro atoms. The molecule has 1 rings (SSSR count). The Hall–Kier alpha value is -1.62. The van der Waals surface area contributed by atoms with E-state index in [1.807, 2.05) is 0 Å². The summed E-state index contributed by atoms with van der Waals surface area (Å²) in [5.74, 6) is 0. The van der Waals surface area contributed by atoms with E-state index >= 15 is 0 Å². The second-order valence-electron chi connectivity index (χ2n) is 5.61. The molecular formula is C13H20N2O3. The molecule has 0 aliphatic carbocycles. The van der Waals surface area contributed by atoms with Crippen LogP contribution in [0.4, 0.5) is 11.4 Å². The minimum atomic E-state index is -0.468. The number of nitro groups is 1. The van der Waals surface area contributed by atoms with Crippen molar-refractivity contribution in [2.75, 3.05) is 11.9 Å². The maximum Gasteiger partial charge on any atom is 0.271 e. The van der Waals surface area contributed by atoms with Crippen molar-refractivity contribution in [2.45, 2.75) is 33.3 Å². The first-order valence-corrected chi connectivity index (χ1v) is 5.94. The van der Waals surface area contributed by atoms with Crippen LogP contribution in [0.1, 0.15) is 27.2 Å². The molecule has 0 aliphatic heterocycles. The second-order valence-corrected chi connectivity index (χ2v) is 5.61. The summed E-state index contributed by atoms with van der Waals surface area (Å²) in [6.45, 7) is 6.56. The summed E-state index contributed by atoms with van der Waals surface area (Å²) in [7, 11) is 0. The predicted molar refractivity (Wildman–Crippen MR) is 71.7 cm³/mol. The van der Waals surface area contributed by atoms with Crippen LogP contribution < -0.4 is 5.32 Å². The Labute approximate surface area is 107 Å².